The fraction of sp³-hybridized carbons (Fsp3) is 0.222. The predicted octanol–water partition coefficient (Wildman–Crippen LogP) is 4.24. The van der Waals surface area contributed by atoms with Crippen LogP contribution in [-0.4, -0.2) is 6.10 Å². The molecule has 104 valence electrons. The lowest BCUT2D eigenvalue weighted by molar-refractivity contribution is 0.0741. The quantitative estimate of drug-likeness (QED) is 0.665. The Bertz CT molecular complexity index is 809. The zero-order valence-electron chi connectivity index (χ0n) is 11.5. The van der Waals surface area contributed by atoms with Gasteiger partial charge in [-0.2, -0.15) is 0 Å². The molecule has 0 unspecified atom stereocenters. The minimum absolute atomic E-state index is 0.251. The van der Waals surface area contributed by atoms with Crippen molar-refractivity contribution in [3.05, 3.63) is 66.1 Å². The topological polar surface area (TPSA) is 25.6 Å². The fourth-order valence-corrected chi connectivity index (χ4v) is 3.66. The van der Waals surface area contributed by atoms with Crippen molar-refractivity contribution in [1.29, 1.82) is 0 Å². The van der Waals surface area contributed by atoms with E-state index in [-0.39, 0.29) is 12.1 Å². The van der Waals surface area contributed by atoms with E-state index in [1.165, 1.54) is 27.6 Å². The van der Waals surface area contributed by atoms with Crippen molar-refractivity contribution in [3.8, 4) is 0 Å². The highest BCUT2D eigenvalue weighted by Crippen LogP contribution is 2.47. The van der Waals surface area contributed by atoms with Crippen LogP contribution in [0.1, 0.15) is 23.6 Å². The fourth-order valence-electron chi connectivity index (χ4n) is 3.66. The van der Waals surface area contributed by atoms with Gasteiger partial charge in [0.25, 0.3) is 0 Å². The summed E-state index contributed by atoms with van der Waals surface area (Å²) in [5, 5.41) is 4.64. The zero-order valence-corrected chi connectivity index (χ0v) is 11.5. The Morgan fingerprint density at radius 1 is 1.05 bits per heavy atom. The van der Waals surface area contributed by atoms with Crippen LogP contribution < -0.4 is 5.06 Å². The Hall–Kier alpha value is -2.26. The molecule has 0 amide bonds. The molecule has 21 heavy (non-hydrogen) atoms. The highest BCUT2D eigenvalue weighted by atomic mass is 16.7. The average molecular weight is 277 g/mol. The molecule has 3 nitrogen and oxygen atoms in total. The normalized spacial score (nSPS) is 23.5. The van der Waals surface area contributed by atoms with Gasteiger partial charge < -0.3 is 4.42 Å². The number of hydrogen-bond donors (Lipinski definition) is 0. The smallest absolute Gasteiger partial charge is 0.0956 e. The van der Waals surface area contributed by atoms with E-state index >= 15 is 0 Å². The van der Waals surface area contributed by atoms with E-state index in [2.05, 4.69) is 41.5 Å². The second kappa shape index (κ2) is 4.12. The second-order valence-electron chi connectivity index (χ2n) is 5.86. The summed E-state index contributed by atoms with van der Waals surface area (Å²) in [5.74, 6) is 0. The molecule has 0 saturated carbocycles. The molecule has 2 aliphatic heterocycles. The Labute approximate surface area is 122 Å². The predicted molar refractivity (Wildman–Crippen MR) is 81.1 cm³/mol. The van der Waals surface area contributed by atoms with Crippen LogP contribution in [-0.2, 0) is 11.3 Å². The van der Waals surface area contributed by atoms with Crippen LogP contribution in [0.3, 0.4) is 0 Å². The van der Waals surface area contributed by atoms with Gasteiger partial charge in [0.1, 0.15) is 0 Å². The summed E-state index contributed by atoms with van der Waals surface area (Å²) >= 11 is 0. The molecule has 2 aliphatic rings. The molecule has 3 heterocycles. The molecule has 1 aromatic heterocycles. The van der Waals surface area contributed by atoms with Crippen molar-refractivity contribution in [2.24, 2.45) is 0 Å². The first kappa shape index (κ1) is 11.4. The van der Waals surface area contributed by atoms with Crippen molar-refractivity contribution in [1.82, 2.24) is 0 Å². The lowest BCUT2D eigenvalue weighted by Gasteiger charge is -2.31. The molecular weight excluding hydrogens is 262 g/mol. The summed E-state index contributed by atoms with van der Waals surface area (Å²) in [6.07, 6.45) is 5.86. The Kier molecular flexibility index (Phi) is 2.24. The number of rotatable bonds is 1. The maximum Gasteiger partial charge on any atom is 0.0956 e. The molecule has 0 N–H and O–H groups in total. The van der Waals surface area contributed by atoms with Crippen molar-refractivity contribution in [2.45, 2.75) is 25.0 Å². The largest absolute Gasteiger partial charge is 0.472 e. The van der Waals surface area contributed by atoms with Crippen molar-refractivity contribution < 1.29 is 9.25 Å². The standard InChI is InChI=1S/C18H15NO2/c1-2-4-16-12(3-1)5-6-13-9-15-10-17(14-7-8-20-11-14)19(21-15)18(13)16/h1-8,11,15,17H,9-10H2/t15-,17-/m0/s1. The van der Waals surface area contributed by atoms with Gasteiger partial charge in [-0.3, -0.25) is 4.84 Å². The van der Waals surface area contributed by atoms with Gasteiger partial charge >= 0.3 is 0 Å². The third-order valence-electron chi connectivity index (χ3n) is 4.61. The lowest BCUT2D eigenvalue weighted by atomic mass is 9.99. The first-order chi connectivity index (χ1) is 10.4. The Morgan fingerprint density at radius 3 is 2.90 bits per heavy atom. The molecule has 0 spiro atoms. The summed E-state index contributed by atoms with van der Waals surface area (Å²) in [6.45, 7) is 0. The number of benzene rings is 2. The van der Waals surface area contributed by atoms with Crippen LogP contribution in [0.5, 0.6) is 0 Å². The highest BCUT2D eigenvalue weighted by Gasteiger charge is 2.41. The maximum absolute atomic E-state index is 6.16. The Morgan fingerprint density at radius 2 is 2.00 bits per heavy atom. The van der Waals surface area contributed by atoms with Crippen LogP contribution in [0.25, 0.3) is 10.8 Å². The van der Waals surface area contributed by atoms with E-state index in [4.69, 9.17) is 9.25 Å². The number of nitrogens with zero attached hydrogens (tertiary/aromatic N) is 1. The van der Waals surface area contributed by atoms with E-state index in [9.17, 15) is 0 Å². The van der Waals surface area contributed by atoms with Gasteiger partial charge in [0.15, 0.2) is 0 Å². The molecule has 0 radical (unpaired) electrons. The van der Waals surface area contributed by atoms with Crippen LogP contribution in [0.4, 0.5) is 5.69 Å². The van der Waals surface area contributed by atoms with Crippen molar-refractivity contribution in [3.63, 3.8) is 0 Å². The Balaban J connectivity index is 1.73. The summed E-state index contributed by atoms with van der Waals surface area (Å²) < 4.78 is 5.27. The van der Waals surface area contributed by atoms with Crippen molar-refractivity contribution in [2.75, 3.05) is 5.06 Å². The second-order valence-corrected chi connectivity index (χ2v) is 5.86. The maximum atomic E-state index is 6.16. The molecule has 3 aromatic rings. The molecule has 5 rings (SSSR count). The van der Waals surface area contributed by atoms with E-state index in [0.717, 1.165) is 12.8 Å². The highest BCUT2D eigenvalue weighted by molar-refractivity contribution is 5.96. The minimum Gasteiger partial charge on any atom is -0.472 e. The molecule has 1 saturated heterocycles. The molecule has 0 aliphatic carbocycles. The van der Waals surface area contributed by atoms with Crippen molar-refractivity contribution >= 4 is 16.5 Å². The third-order valence-corrected chi connectivity index (χ3v) is 4.61. The number of hydroxylamine groups is 1. The molecule has 2 aromatic carbocycles. The van der Waals surface area contributed by atoms with Gasteiger partial charge in [-0.15, -0.1) is 0 Å². The first-order valence-electron chi connectivity index (χ1n) is 7.39. The van der Waals surface area contributed by atoms with E-state index in [0.29, 0.717) is 0 Å². The van der Waals surface area contributed by atoms with Gasteiger partial charge in [-0.05, 0) is 17.0 Å². The van der Waals surface area contributed by atoms with Crippen LogP contribution in [0, 0.1) is 0 Å². The molecule has 2 atom stereocenters. The monoisotopic (exact) mass is 277 g/mol. The molecule has 2 bridgehead atoms. The van der Waals surface area contributed by atoms with E-state index < -0.39 is 0 Å². The molecular formula is C18H15NO2. The summed E-state index contributed by atoms with van der Waals surface area (Å²) in [4.78, 5) is 6.16. The van der Waals surface area contributed by atoms with Gasteiger partial charge in [-0.25, -0.2) is 5.06 Å². The van der Waals surface area contributed by atoms with Crippen LogP contribution in [0.2, 0.25) is 0 Å². The van der Waals surface area contributed by atoms with Crippen LogP contribution >= 0.6 is 0 Å². The number of furan rings is 1. The summed E-state index contributed by atoms with van der Waals surface area (Å²) in [5.41, 5.74) is 3.81. The number of anilines is 1. The average Bonchev–Trinajstić information content (AvgIpc) is 3.15. The van der Waals surface area contributed by atoms with Gasteiger partial charge in [0.05, 0.1) is 30.4 Å². The van der Waals surface area contributed by atoms with Gasteiger partial charge in [-0.1, -0.05) is 36.4 Å². The number of hydrogen-bond acceptors (Lipinski definition) is 3. The first-order valence-corrected chi connectivity index (χ1v) is 7.39. The summed E-state index contributed by atoms with van der Waals surface area (Å²) in [6, 6.07) is 15.3. The third kappa shape index (κ3) is 1.58. The zero-order chi connectivity index (χ0) is 13.8. The minimum atomic E-state index is 0.251. The van der Waals surface area contributed by atoms with Crippen LogP contribution in [0.15, 0.2) is 59.4 Å². The van der Waals surface area contributed by atoms with E-state index in [1.54, 1.807) is 6.26 Å². The molecule has 1 fully saturated rings. The number of fused-ring (bicyclic) bond motifs is 6. The lowest BCUT2D eigenvalue weighted by Crippen LogP contribution is -2.27. The summed E-state index contributed by atoms with van der Waals surface area (Å²) in [7, 11) is 0. The van der Waals surface area contributed by atoms with E-state index in [1.807, 2.05) is 12.3 Å². The SMILES string of the molecule is c1ccc2c3c(ccc2c1)C[C@H]1C[C@@H](c2ccoc2)N3O1. The van der Waals surface area contributed by atoms with Gasteiger partial charge in [0.2, 0.25) is 0 Å². The molecule has 3 heteroatoms. The van der Waals surface area contributed by atoms with Gasteiger partial charge in [0, 0.05) is 23.8 Å².